The van der Waals surface area contributed by atoms with Crippen molar-refractivity contribution >= 4 is 5.91 Å². The zero-order valence-corrected chi connectivity index (χ0v) is 10.9. The number of hydrogen-bond donors (Lipinski definition) is 2. The maximum absolute atomic E-state index is 11.9. The third-order valence-electron chi connectivity index (χ3n) is 3.23. The van der Waals surface area contributed by atoms with Crippen LogP contribution in [0.2, 0.25) is 0 Å². The molecule has 2 N–H and O–H groups in total. The van der Waals surface area contributed by atoms with Gasteiger partial charge < -0.3 is 10.1 Å². The summed E-state index contributed by atoms with van der Waals surface area (Å²) >= 11 is 0. The molecule has 0 bridgehead atoms. The number of hydrogen-bond acceptors (Lipinski definition) is 4. The van der Waals surface area contributed by atoms with Crippen LogP contribution in [0.4, 0.5) is 0 Å². The maximum atomic E-state index is 11.9. The molecule has 0 radical (unpaired) electrons. The monoisotopic (exact) mass is 252 g/mol. The third kappa shape index (κ3) is 3.08. The van der Waals surface area contributed by atoms with Gasteiger partial charge in [-0.25, -0.2) is 0 Å². The van der Waals surface area contributed by atoms with Gasteiger partial charge in [0.2, 0.25) is 0 Å². The Balaban J connectivity index is 1.81. The highest BCUT2D eigenvalue weighted by Crippen LogP contribution is 2.05. The highest BCUT2D eigenvalue weighted by molar-refractivity contribution is 5.94. The van der Waals surface area contributed by atoms with Gasteiger partial charge in [0.15, 0.2) is 0 Å². The molecule has 1 atom stereocenters. The van der Waals surface area contributed by atoms with Crippen LogP contribution in [0.25, 0.3) is 0 Å². The summed E-state index contributed by atoms with van der Waals surface area (Å²) in [6.07, 6.45) is 1.62. The number of morpholine rings is 1. The third-order valence-corrected chi connectivity index (χ3v) is 3.23. The molecule has 1 aromatic heterocycles. The van der Waals surface area contributed by atoms with Gasteiger partial charge in [0.1, 0.15) is 0 Å². The van der Waals surface area contributed by atoms with E-state index < -0.39 is 0 Å². The molecule has 2 rings (SSSR count). The average molecular weight is 252 g/mol. The van der Waals surface area contributed by atoms with Crippen LogP contribution in [0.1, 0.15) is 23.0 Å². The minimum atomic E-state index is -0.0986. The van der Waals surface area contributed by atoms with E-state index in [1.165, 1.54) is 0 Å². The van der Waals surface area contributed by atoms with E-state index in [-0.39, 0.29) is 12.0 Å². The summed E-state index contributed by atoms with van der Waals surface area (Å²) in [5.41, 5.74) is 1.38. The van der Waals surface area contributed by atoms with Gasteiger partial charge in [-0.2, -0.15) is 5.10 Å². The number of aromatic amines is 1. The Labute approximate surface area is 107 Å². The van der Waals surface area contributed by atoms with Gasteiger partial charge in [0, 0.05) is 25.3 Å². The van der Waals surface area contributed by atoms with E-state index in [0.717, 1.165) is 31.9 Å². The van der Waals surface area contributed by atoms with Gasteiger partial charge in [-0.1, -0.05) is 6.92 Å². The summed E-state index contributed by atoms with van der Waals surface area (Å²) in [4.78, 5) is 14.2. The van der Waals surface area contributed by atoms with Crippen LogP contribution in [-0.4, -0.2) is 59.9 Å². The van der Waals surface area contributed by atoms with E-state index in [2.05, 4.69) is 27.3 Å². The van der Waals surface area contributed by atoms with Gasteiger partial charge in [-0.3, -0.25) is 14.8 Å². The maximum Gasteiger partial charge on any atom is 0.254 e. The fraction of sp³-hybridized carbons (Fsp3) is 0.667. The van der Waals surface area contributed by atoms with Crippen LogP contribution in [-0.2, 0) is 4.74 Å². The second kappa shape index (κ2) is 5.97. The molecular weight excluding hydrogens is 232 g/mol. The Bertz CT molecular complexity index is 405. The Hall–Kier alpha value is -1.40. The van der Waals surface area contributed by atoms with Crippen LogP contribution >= 0.6 is 0 Å². The van der Waals surface area contributed by atoms with E-state index >= 15 is 0 Å². The van der Waals surface area contributed by atoms with Crippen molar-refractivity contribution in [3.63, 3.8) is 0 Å². The lowest BCUT2D eigenvalue weighted by Gasteiger charge is -2.32. The summed E-state index contributed by atoms with van der Waals surface area (Å²) in [7, 11) is 0. The molecule has 100 valence electrons. The topological polar surface area (TPSA) is 70.2 Å². The standard InChI is InChI=1S/C12H20N4O2/c1-3-16-4-5-18-10(8-16)6-13-12(17)11-7-14-15-9(11)2/h7,10H,3-6,8H2,1-2H3,(H,13,17)(H,14,15). The molecule has 1 aliphatic rings. The molecule has 6 heteroatoms. The Kier molecular flexibility index (Phi) is 4.33. The molecule has 1 unspecified atom stereocenters. The Morgan fingerprint density at radius 1 is 1.72 bits per heavy atom. The number of nitrogens with one attached hydrogen (secondary N) is 2. The molecule has 0 aliphatic carbocycles. The van der Waals surface area contributed by atoms with Crippen molar-refractivity contribution in [2.75, 3.05) is 32.8 Å². The zero-order valence-electron chi connectivity index (χ0n) is 10.9. The van der Waals surface area contributed by atoms with Gasteiger partial charge in [-0.15, -0.1) is 0 Å². The zero-order chi connectivity index (χ0) is 13.0. The SMILES string of the molecule is CCN1CCOC(CNC(=O)c2cn[nH]c2C)C1. The molecule has 1 aromatic rings. The molecule has 0 saturated carbocycles. The summed E-state index contributed by atoms with van der Waals surface area (Å²) in [6.45, 7) is 8.12. The number of nitrogens with zero attached hydrogens (tertiary/aromatic N) is 2. The van der Waals surface area contributed by atoms with Crippen LogP contribution in [0, 0.1) is 6.92 Å². The Morgan fingerprint density at radius 3 is 3.22 bits per heavy atom. The first-order valence-electron chi connectivity index (χ1n) is 6.32. The predicted molar refractivity (Wildman–Crippen MR) is 67.5 cm³/mol. The number of aryl methyl sites for hydroxylation is 1. The molecule has 1 amide bonds. The number of carbonyl (C=O) groups excluding carboxylic acids is 1. The van der Waals surface area contributed by atoms with Crippen molar-refractivity contribution < 1.29 is 9.53 Å². The number of amides is 1. The van der Waals surface area contributed by atoms with Crippen LogP contribution in [0.15, 0.2) is 6.20 Å². The number of aromatic nitrogens is 2. The summed E-state index contributed by atoms with van der Waals surface area (Å²) < 4.78 is 5.63. The molecule has 1 aliphatic heterocycles. The fourth-order valence-corrected chi connectivity index (χ4v) is 2.07. The van der Waals surface area contributed by atoms with E-state index in [4.69, 9.17) is 4.74 Å². The molecule has 18 heavy (non-hydrogen) atoms. The highest BCUT2D eigenvalue weighted by Gasteiger charge is 2.20. The lowest BCUT2D eigenvalue weighted by molar-refractivity contribution is -0.0246. The van der Waals surface area contributed by atoms with Crippen molar-refractivity contribution in [3.05, 3.63) is 17.5 Å². The van der Waals surface area contributed by atoms with E-state index in [9.17, 15) is 4.79 Å². The second-order valence-electron chi connectivity index (χ2n) is 4.50. The van der Waals surface area contributed by atoms with Gasteiger partial charge in [0.05, 0.1) is 24.5 Å². The first-order chi connectivity index (χ1) is 8.70. The normalized spacial score (nSPS) is 20.9. The molecule has 0 aromatic carbocycles. The van der Waals surface area contributed by atoms with Crippen LogP contribution < -0.4 is 5.32 Å². The number of rotatable bonds is 4. The van der Waals surface area contributed by atoms with Crippen molar-refractivity contribution in [1.82, 2.24) is 20.4 Å². The van der Waals surface area contributed by atoms with Crippen molar-refractivity contribution in [2.45, 2.75) is 20.0 Å². The molecule has 1 fully saturated rings. The minimum Gasteiger partial charge on any atom is -0.374 e. The van der Waals surface area contributed by atoms with Crippen LogP contribution in [0.5, 0.6) is 0 Å². The van der Waals surface area contributed by atoms with E-state index in [0.29, 0.717) is 12.1 Å². The van der Waals surface area contributed by atoms with Gasteiger partial charge in [-0.05, 0) is 13.5 Å². The van der Waals surface area contributed by atoms with Gasteiger partial charge >= 0.3 is 0 Å². The first-order valence-corrected chi connectivity index (χ1v) is 6.32. The minimum absolute atomic E-state index is 0.0786. The smallest absolute Gasteiger partial charge is 0.254 e. The quantitative estimate of drug-likeness (QED) is 0.801. The first kappa shape index (κ1) is 13.0. The average Bonchev–Trinajstić information content (AvgIpc) is 2.82. The lowest BCUT2D eigenvalue weighted by Crippen LogP contribution is -2.47. The van der Waals surface area contributed by atoms with Gasteiger partial charge in [0.25, 0.3) is 5.91 Å². The molecular formula is C12H20N4O2. The highest BCUT2D eigenvalue weighted by atomic mass is 16.5. The molecule has 1 saturated heterocycles. The fourth-order valence-electron chi connectivity index (χ4n) is 2.07. The number of carbonyl (C=O) groups is 1. The number of likely N-dealkylation sites (N-methyl/N-ethyl adjacent to an activating group) is 1. The van der Waals surface area contributed by atoms with Crippen LogP contribution in [0.3, 0.4) is 0 Å². The largest absolute Gasteiger partial charge is 0.374 e. The Morgan fingerprint density at radius 2 is 2.56 bits per heavy atom. The summed E-state index contributed by atoms with van der Waals surface area (Å²) in [5.74, 6) is -0.0986. The van der Waals surface area contributed by atoms with Crippen molar-refractivity contribution in [3.8, 4) is 0 Å². The van der Waals surface area contributed by atoms with E-state index in [1.54, 1.807) is 6.20 Å². The molecule has 6 nitrogen and oxygen atoms in total. The predicted octanol–water partition coefficient (Wildman–Crippen LogP) is 0.169. The molecule has 0 spiro atoms. The summed E-state index contributed by atoms with van der Waals surface area (Å²) in [5, 5.41) is 9.48. The number of ether oxygens (including phenoxy) is 1. The number of H-pyrrole nitrogens is 1. The van der Waals surface area contributed by atoms with Crippen molar-refractivity contribution in [1.29, 1.82) is 0 Å². The second-order valence-corrected chi connectivity index (χ2v) is 4.50. The molecule has 2 heterocycles. The summed E-state index contributed by atoms with van der Waals surface area (Å²) in [6, 6.07) is 0. The van der Waals surface area contributed by atoms with Crippen molar-refractivity contribution in [2.24, 2.45) is 0 Å². The van der Waals surface area contributed by atoms with E-state index in [1.807, 2.05) is 6.92 Å². The lowest BCUT2D eigenvalue weighted by atomic mass is 10.2.